The van der Waals surface area contributed by atoms with E-state index in [1.807, 2.05) is 32.0 Å². The lowest BCUT2D eigenvalue weighted by atomic mass is 10.1. The van der Waals surface area contributed by atoms with E-state index < -0.39 is 15.9 Å². The van der Waals surface area contributed by atoms with Gasteiger partial charge in [-0.2, -0.15) is 0 Å². The fourth-order valence-electron chi connectivity index (χ4n) is 3.23. The number of thiophene rings is 1. The first-order valence-corrected chi connectivity index (χ1v) is 11.5. The minimum absolute atomic E-state index is 0.0608. The van der Waals surface area contributed by atoms with Gasteiger partial charge in [-0.15, -0.1) is 11.3 Å². The molecule has 1 aliphatic heterocycles. The zero-order chi connectivity index (χ0) is 21.3. The predicted octanol–water partition coefficient (Wildman–Crippen LogP) is 2.28. The smallest absolute Gasteiger partial charge is 0.252 e. The standard InChI is InChI=1S/C20H25N3O4S2/c1-13-6-5-7-17(14(13)2)23-12-15(10-18(23)24)20(25)21-11-16-8-9-19(28-16)29(26,27)22(3)4/h5-9,15H,10-12H2,1-4H3,(H,21,25). The number of hydrogen-bond donors (Lipinski definition) is 1. The van der Waals surface area contributed by atoms with Crippen molar-refractivity contribution in [2.24, 2.45) is 5.92 Å². The Bertz CT molecular complexity index is 1040. The molecule has 7 nitrogen and oxygen atoms in total. The molecule has 0 bridgehead atoms. The summed E-state index contributed by atoms with van der Waals surface area (Å²) in [4.78, 5) is 27.5. The number of carbonyl (C=O) groups is 2. The zero-order valence-electron chi connectivity index (χ0n) is 16.9. The number of sulfonamides is 1. The molecule has 3 rings (SSSR count). The lowest BCUT2D eigenvalue weighted by Gasteiger charge is -2.20. The highest BCUT2D eigenvalue weighted by molar-refractivity contribution is 7.91. The van der Waals surface area contributed by atoms with E-state index >= 15 is 0 Å². The van der Waals surface area contributed by atoms with Crippen LogP contribution in [0.15, 0.2) is 34.5 Å². The summed E-state index contributed by atoms with van der Waals surface area (Å²) >= 11 is 1.13. The first kappa shape index (κ1) is 21.5. The Morgan fingerprint density at radius 1 is 1.24 bits per heavy atom. The second-order valence-corrected chi connectivity index (χ2v) is 10.9. The highest BCUT2D eigenvalue weighted by Crippen LogP contribution is 2.29. The molecule has 1 N–H and O–H groups in total. The summed E-state index contributed by atoms with van der Waals surface area (Å²) < 4.78 is 25.7. The Morgan fingerprint density at radius 2 is 1.97 bits per heavy atom. The zero-order valence-corrected chi connectivity index (χ0v) is 18.6. The summed E-state index contributed by atoms with van der Waals surface area (Å²) in [6.07, 6.45) is 0.171. The van der Waals surface area contributed by atoms with Crippen molar-refractivity contribution in [2.45, 2.75) is 31.0 Å². The second kappa shape index (κ2) is 8.25. The van der Waals surface area contributed by atoms with Crippen molar-refractivity contribution in [3.05, 3.63) is 46.3 Å². The van der Waals surface area contributed by atoms with Crippen LogP contribution in [0.4, 0.5) is 5.69 Å². The fraction of sp³-hybridized carbons (Fsp3) is 0.400. The van der Waals surface area contributed by atoms with Crippen molar-refractivity contribution < 1.29 is 18.0 Å². The van der Waals surface area contributed by atoms with E-state index in [-0.39, 0.29) is 29.0 Å². The molecule has 1 fully saturated rings. The van der Waals surface area contributed by atoms with Gasteiger partial charge in [0.2, 0.25) is 11.8 Å². The van der Waals surface area contributed by atoms with Crippen LogP contribution >= 0.6 is 11.3 Å². The number of nitrogens with one attached hydrogen (secondary N) is 1. The van der Waals surface area contributed by atoms with Gasteiger partial charge in [0.1, 0.15) is 4.21 Å². The third kappa shape index (κ3) is 4.36. The summed E-state index contributed by atoms with van der Waals surface area (Å²) in [7, 11) is -0.512. The molecule has 2 aromatic rings. The third-order valence-corrected chi connectivity index (χ3v) is 8.54. The van der Waals surface area contributed by atoms with E-state index in [9.17, 15) is 18.0 Å². The molecule has 1 aromatic heterocycles. The Morgan fingerprint density at radius 3 is 2.66 bits per heavy atom. The molecular weight excluding hydrogens is 410 g/mol. The van der Waals surface area contributed by atoms with Crippen LogP contribution in [0.25, 0.3) is 0 Å². The van der Waals surface area contributed by atoms with E-state index in [0.29, 0.717) is 6.54 Å². The van der Waals surface area contributed by atoms with Crippen LogP contribution in [-0.2, 0) is 26.2 Å². The van der Waals surface area contributed by atoms with Gasteiger partial charge in [0.25, 0.3) is 10.0 Å². The summed E-state index contributed by atoms with van der Waals surface area (Å²) in [5, 5.41) is 2.84. The van der Waals surface area contributed by atoms with E-state index in [4.69, 9.17) is 0 Å². The number of rotatable bonds is 6. The molecule has 1 aromatic carbocycles. The SMILES string of the molecule is Cc1cccc(N2CC(C(=O)NCc3ccc(S(=O)(=O)N(C)C)s3)CC2=O)c1C. The fourth-order valence-corrected chi connectivity index (χ4v) is 5.70. The normalized spacial score (nSPS) is 17.2. The number of hydrogen-bond acceptors (Lipinski definition) is 5. The Hall–Kier alpha value is -2.23. The number of nitrogens with zero attached hydrogens (tertiary/aromatic N) is 2. The first-order valence-electron chi connectivity index (χ1n) is 9.26. The molecular formula is C20H25N3O4S2. The highest BCUT2D eigenvalue weighted by Gasteiger charge is 2.35. The number of benzene rings is 1. The van der Waals surface area contributed by atoms with Crippen molar-refractivity contribution in [2.75, 3.05) is 25.5 Å². The van der Waals surface area contributed by atoms with E-state index in [2.05, 4.69) is 5.32 Å². The van der Waals surface area contributed by atoms with Gasteiger partial charge in [0.15, 0.2) is 0 Å². The quantitative estimate of drug-likeness (QED) is 0.754. The first-order chi connectivity index (χ1) is 13.6. The molecule has 29 heavy (non-hydrogen) atoms. The average molecular weight is 436 g/mol. The Labute approximate surface area is 175 Å². The van der Waals surface area contributed by atoms with Crippen LogP contribution in [0.2, 0.25) is 0 Å². The maximum atomic E-state index is 12.6. The van der Waals surface area contributed by atoms with Crippen LogP contribution in [0, 0.1) is 19.8 Å². The van der Waals surface area contributed by atoms with Gasteiger partial charge >= 0.3 is 0 Å². The Balaban J connectivity index is 1.63. The van der Waals surface area contributed by atoms with Gasteiger partial charge < -0.3 is 10.2 Å². The molecule has 0 aliphatic carbocycles. The van der Waals surface area contributed by atoms with Crippen molar-refractivity contribution in [3.8, 4) is 0 Å². The van der Waals surface area contributed by atoms with E-state index in [0.717, 1.165) is 37.3 Å². The maximum Gasteiger partial charge on any atom is 0.252 e. The number of aryl methyl sites for hydroxylation is 1. The number of anilines is 1. The van der Waals surface area contributed by atoms with Crippen LogP contribution in [0.3, 0.4) is 0 Å². The lowest BCUT2D eigenvalue weighted by Crippen LogP contribution is -2.32. The summed E-state index contributed by atoms with van der Waals surface area (Å²) in [5.41, 5.74) is 2.99. The van der Waals surface area contributed by atoms with Gasteiger partial charge in [-0.3, -0.25) is 9.59 Å². The van der Waals surface area contributed by atoms with Crippen molar-refractivity contribution in [1.82, 2.24) is 9.62 Å². The van der Waals surface area contributed by atoms with Gasteiger partial charge in [-0.05, 0) is 43.2 Å². The van der Waals surface area contributed by atoms with E-state index in [1.165, 1.54) is 14.1 Å². The molecule has 1 saturated heterocycles. The third-order valence-electron chi connectivity index (χ3n) is 5.17. The van der Waals surface area contributed by atoms with Crippen molar-refractivity contribution in [1.29, 1.82) is 0 Å². The van der Waals surface area contributed by atoms with Crippen LogP contribution in [-0.4, -0.2) is 45.2 Å². The minimum Gasteiger partial charge on any atom is -0.351 e. The number of amides is 2. The lowest BCUT2D eigenvalue weighted by molar-refractivity contribution is -0.126. The van der Waals surface area contributed by atoms with Crippen LogP contribution in [0.5, 0.6) is 0 Å². The van der Waals surface area contributed by atoms with Gasteiger partial charge in [-0.1, -0.05) is 12.1 Å². The number of carbonyl (C=O) groups excluding carboxylic acids is 2. The molecule has 2 heterocycles. The molecule has 1 unspecified atom stereocenters. The molecule has 0 radical (unpaired) electrons. The molecule has 2 amide bonds. The van der Waals surface area contributed by atoms with Crippen molar-refractivity contribution >= 4 is 38.9 Å². The monoisotopic (exact) mass is 435 g/mol. The molecule has 0 spiro atoms. The van der Waals surface area contributed by atoms with Crippen LogP contribution in [0.1, 0.15) is 22.4 Å². The summed E-state index contributed by atoms with van der Waals surface area (Å²) in [6, 6.07) is 9.05. The molecule has 1 atom stereocenters. The van der Waals surface area contributed by atoms with Crippen molar-refractivity contribution in [3.63, 3.8) is 0 Å². The molecule has 156 valence electrons. The minimum atomic E-state index is -3.48. The Kier molecular flexibility index (Phi) is 6.11. The summed E-state index contributed by atoms with van der Waals surface area (Å²) in [6.45, 7) is 4.55. The molecule has 9 heteroatoms. The topological polar surface area (TPSA) is 86.8 Å². The van der Waals surface area contributed by atoms with Gasteiger partial charge in [-0.25, -0.2) is 12.7 Å². The highest BCUT2D eigenvalue weighted by atomic mass is 32.2. The van der Waals surface area contributed by atoms with E-state index in [1.54, 1.807) is 17.0 Å². The largest absolute Gasteiger partial charge is 0.351 e. The second-order valence-electron chi connectivity index (χ2n) is 7.35. The molecule has 0 saturated carbocycles. The average Bonchev–Trinajstić information content (AvgIpc) is 3.29. The van der Waals surface area contributed by atoms with Gasteiger partial charge in [0.05, 0.1) is 12.5 Å². The molecule has 1 aliphatic rings. The predicted molar refractivity (Wildman–Crippen MR) is 113 cm³/mol. The maximum absolute atomic E-state index is 12.6. The van der Waals surface area contributed by atoms with Crippen LogP contribution < -0.4 is 10.2 Å². The summed E-state index contributed by atoms with van der Waals surface area (Å²) in [5.74, 6) is -0.682. The van der Waals surface area contributed by atoms with Gasteiger partial charge in [0, 0.05) is 37.6 Å².